The number of esters is 1. The SMILES string of the molecule is [C-]#[N+]/C(C(=O)OCC(CC)CCCC)=C(\c1ccccc1)c1ccc(Cl)cc1. The maximum atomic E-state index is 12.8. The number of hydrogen-bond donors (Lipinski definition) is 0. The molecule has 0 heterocycles. The normalized spacial score (nSPS) is 12.6. The summed E-state index contributed by atoms with van der Waals surface area (Å²) in [6.07, 6.45) is 4.21. The van der Waals surface area contributed by atoms with Crippen LogP contribution in [0.1, 0.15) is 50.7 Å². The zero-order chi connectivity index (χ0) is 20.4. The summed E-state index contributed by atoms with van der Waals surface area (Å²) in [5, 5.41) is 0.602. The summed E-state index contributed by atoms with van der Waals surface area (Å²) in [5.41, 5.74) is 2.13. The number of nitrogens with zero attached hydrogens (tertiary/aromatic N) is 1. The Morgan fingerprint density at radius 3 is 2.29 bits per heavy atom. The Hall–Kier alpha value is -2.57. The van der Waals surface area contributed by atoms with Crippen molar-refractivity contribution in [3.8, 4) is 0 Å². The first-order valence-electron chi connectivity index (χ1n) is 9.70. The standard InChI is InChI=1S/C24H26ClNO2/c1-4-6-10-18(5-2)17-28-24(27)23(26-3)22(19-11-8-7-9-12-19)20-13-15-21(25)16-14-20/h7-9,11-16,18H,4-6,10,17H2,1-2H3/b23-22+. The predicted molar refractivity (Wildman–Crippen MR) is 115 cm³/mol. The molecule has 0 saturated carbocycles. The number of rotatable bonds is 9. The van der Waals surface area contributed by atoms with E-state index in [-0.39, 0.29) is 5.70 Å². The zero-order valence-electron chi connectivity index (χ0n) is 16.5. The van der Waals surface area contributed by atoms with Crippen molar-refractivity contribution < 1.29 is 9.53 Å². The Balaban J connectivity index is 2.37. The fourth-order valence-electron chi connectivity index (χ4n) is 3.03. The Labute approximate surface area is 172 Å². The fourth-order valence-corrected chi connectivity index (χ4v) is 3.15. The molecule has 1 atom stereocenters. The molecule has 146 valence electrons. The van der Waals surface area contributed by atoms with Crippen LogP contribution in [0.3, 0.4) is 0 Å². The highest BCUT2D eigenvalue weighted by molar-refractivity contribution is 6.30. The van der Waals surface area contributed by atoms with Crippen LogP contribution < -0.4 is 0 Å². The first-order valence-corrected chi connectivity index (χ1v) is 10.1. The van der Waals surface area contributed by atoms with Gasteiger partial charge in [-0.25, -0.2) is 4.85 Å². The summed E-state index contributed by atoms with van der Waals surface area (Å²) < 4.78 is 5.56. The summed E-state index contributed by atoms with van der Waals surface area (Å²) in [7, 11) is 0. The molecule has 0 aromatic heterocycles. The topological polar surface area (TPSA) is 30.7 Å². The van der Waals surface area contributed by atoms with E-state index >= 15 is 0 Å². The molecule has 2 rings (SSSR count). The van der Waals surface area contributed by atoms with E-state index in [4.69, 9.17) is 22.9 Å². The van der Waals surface area contributed by atoms with Crippen molar-refractivity contribution in [3.63, 3.8) is 0 Å². The minimum atomic E-state index is -0.571. The minimum absolute atomic E-state index is 0.00105. The van der Waals surface area contributed by atoms with E-state index in [1.165, 1.54) is 0 Å². The van der Waals surface area contributed by atoms with Gasteiger partial charge in [-0.1, -0.05) is 87.2 Å². The molecule has 3 nitrogen and oxygen atoms in total. The van der Waals surface area contributed by atoms with Crippen molar-refractivity contribution in [2.75, 3.05) is 6.61 Å². The number of carbonyl (C=O) groups is 1. The van der Waals surface area contributed by atoms with Gasteiger partial charge in [-0.15, -0.1) is 0 Å². The largest absolute Gasteiger partial charge is 0.470 e. The van der Waals surface area contributed by atoms with Gasteiger partial charge in [-0.3, -0.25) is 4.79 Å². The lowest BCUT2D eigenvalue weighted by Gasteiger charge is -2.16. The summed E-state index contributed by atoms with van der Waals surface area (Å²) >= 11 is 6.01. The average Bonchev–Trinajstić information content (AvgIpc) is 2.73. The number of carbonyl (C=O) groups excluding carboxylic acids is 1. The summed E-state index contributed by atoms with van der Waals surface area (Å²) in [6.45, 7) is 12.2. The molecular formula is C24H26ClNO2. The van der Waals surface area contributed by atoms with E-state index in [1.54, 1.807) is 12.1 Å². The van der Waals surface area contributed by atoms with Crippen molar-refractivity contribution in [2.45, 2.75) is 39.5 Å². The van der Waals surface area contributed by atoms with Gasteiger partial charge in [0.2, 0.25) is 0 Å². The van der Waals surface area contributed by atoms with Gasteiger partial charge in [-0.05, 0) is 35.6 Å². The van der Waals surface area contributed by atoms with Crippen LogP contribution in [-0.4, -0.2) is 12.6 Å². The van der Waals surface area contributed by atoms with Crippen molar-refractivity contribution in [2.24, 2.45) is 5.92 Å². The molecule has 0 spiro atoms. The van der Waals surface area contributed by atoms with E-state index in [9.17, 15) is 4.79 Å². The quantitative estimate of drug-likeness (QED) is 0.266. The molecule has 2 aromatic carbocycles. The molecule has 0 radical (unpaired) electrons. The van der Waals surface area contributed by atoms with Gasteiger partial charge in [0, 0.05) is 10.6 Å². The van der Waals surface area contributed by atoms with Gasteiger partial charge in [0.15, 0.2) is 0 Å². The number of benzene rings is 2. The van der Waals surface area contributed by atoms with E-state index in [2.05, 4.69) is 18.7 Å². The maximum Gasteiger partial charge on any atom is 0.336 e. The van der Waals surface area contributed by atoms with Crippen LogP contribution in [0.4, 0.5) is 0 Å². The van der Waals surface area contributed by atoms with E-state index in [0.29, 0.717) is 23.1 Å². The number of hydrogen-bond acceptors (Lipinski definition) is 2. The lowest BCUT2D eigenvalue weighted by molar-refractivity contribution is -0.140. The average molecular weight is 396 g/mol. The molecule has 0 aliphatic rings. The lowest BCUT2D eigenvalue weighted by Crippen LogP contribution is -2.15. The van der Waals surface area contributed by atoms with Crippen LogP contribution in [-0.2, 0) is 9.53 Å². The van der Waals surface area contributed by atoms with Gasteiger partial charge in [0.05, 0.1) is 13.2 Å². The first kappa shape index (κ1) is 21.7. The fraction of sp³-hybridized carbons (Fsp3) is 0.333. The second-order valence-electron chi connectivity index (χ2n) is 6.72. The highest BCUT2D eigenvalue weighted by atomic mass is 35.5. The van der Waals surface area contributed by atoms with Crippen LogP contribution in [0, 0.1) is 12.5 Å². The molecule has 28 heavy (non-hydrogen) atoms. The third-order valence-electron chi connectivity index (χ3n) is 4.73. The van der Waals surface area contributed by atoms with Crippen molar-refractivity contribution >= 4 is 23.1 Å². The van der Waals surface area contributed by atoms with Crippen LogP contribution in [0.2, 0.25) is 5.02 Å². The summed E-state index contributed by atoms with van der Waals surface area (Å²) in [5.74, 6) is -0.245. The molecular weight excluding hydrogens is 370 g/mol. The smallest absolute Gasteiger partial charge is 0.336 e. The van der Waals surface area contributed by atoms with E-state index in [1.807, 2.05) is 42.5 Å². The van der Waals surface area contributed by atoms with Gasteiger partial charge < -0.3 is 4.74 Å². The third kappa shape index (κ3) is 5.97. The summed E-state index contributed by atoms with van der Waals surface area (Å²) in [4.78, 5) is 16.4. The van der Waals surface area contributed by atoms with Crippen LogP contribution in [0.15, 0.2) is 60.3 Å². The Morgan fingerprint density at radius 1 is 1.07 bits per heavy atom. The molecule has 0 aliphatic heterocycles. The number of ether oxygens (including phenoxy) is 1. The molecule has 0 N–H and O–H groups in total. The first-order chi connectivity index (χ1) is 13.6. The highest BCUT2D eigenvalue weighted by Crippen LogP contribution is 2.29. The molecule has 0 bridgehead atoms. The Kier molecular flexibility index (Phi) is 8.78. The molecule has 2 aromatic rings. The maximum absolute atomic E-state index is 12.8. The van der Waals surface area contributed by atoms with Crippen LogP contribution in [0.25, 0.3) is 10.4 Å². The molecule has 0 amide bonds. The molecule has 4 heteroatoms. The van der Waals surface area contributed by atoms with Gasteiger partial charge in [0.25, 0.3) is 5.70 Å². The Morgan fingerprint density at radius 2 is 1.71 bits per heavy atom. The van der Waals surface area contributed by atoms with E-state index in [0.717, 1.165) is 36.8 Å². The lowest BCUT2D eigenvalue weighted by atomic mass is 9.96. The number of unbranched alkanes of at least 4 members (excludes halogenated alkanes) is 1. The summed E-state index contributed by atoms with van der Waals surface area (Å²) in [6, 6.07) is 16.6. The van der Waals surface area contributed by atoms with Gasteiger partial charge >= 0.3 is 5.97 Å². The van der Waals surface area contributed by atoms with Crippen molar-refractivity contribution in [1.29, 1.82) is 0 Å². The van der Waals surface area contributed by atoms with Crippen molar-refractivity contribution in [3.05, 3.63) is 87.9 Å². The second-order valence-corrected chi connectivity index (χ2v) is 7.16. The van der Waals surface area contributed by atoms with Crippen LogP contribution >= 0.6 is 11.6 Å². The van der Waals surface area contributed by atoms with Crippen LogP contribution in [0.5, 0.6) is 0 Å². The zero-order valence-corrected chi connectivity index (χ0v) is 17.2. The molecule has 1 unspecified atom stereocenters. The molecule has 0 fully saturated rings. The minimum Gasteiger partial charge on any atom is -0.470 e. The van der Waals surface area contributed by atoms with E-state index < -0.39 is 5.97 Å². The van der Waals surface area contributed by atoms with Gasteiger partial charge in [0.1, 0.15) is 0 Å². The monoisotopic (exact) mass is 395 g/mol. The second kappa shape index (κ2) is 11.3. The number of halogens is 1. The van der Waals surface area contributed by atoms with Crippen molar-refractivity contribution in [1.82, 2.24) is 0 Å². The molecule has 0 aliphatic carbocycles. The molecule has 0 saturated heterocycles. The Bertz CT molecular complexity index is 835. The van der Waals surface area contributed by atoms with Gasteiger partial charge in [-0.2, -0.15) is 0 Å². The highest BCUT2D eigenvalue weighted by Gasteiger charge is 2.21. The predicted octanol–water partition coefficient (Wildman–Crippen LogP) is 6.78. The third-order valence-corrected chi connectivity index (χ3v) is 4.98.